The molecule has 5 heteroatoms. The second kappa shape index (κ2) is 6.20. The maximum atomic E-state index is 11.3. The molecule has 5 rings (SSSR count). The van der Waals surface area contributed by atoms with Crippen LogP contribution in [0.2, 0.25) is 0 Å². The molecule has 0 unspecified atom stereocenters. The highest BCUT2D eigenvalue weighted by Gasteiger charge is 2.43. The van der Waals surface area contributed by atoms with Crippen LogP contribution >= 0.6 is 15.9 Å². The molecule has 134 valence electrons. The van der Waals surface area contributed by atoms with E-state index in [1.165, 1.54) is 16.7 Å². The Morgan fingerprint density at radius 1 is 1.00 bits per heavy atom. The van der Waals surface area contributed by atoms with Crippen LogP contribution in [0.25, 0.3) is 0 Å². The number of nitro groups is 1. The second-order valence-corrected chi connectivity index (χ2v) is 8.16. The Bertz CT molecular complexity index is 1050. The zero-order valence-electron chi connectivity index (χ0n) is 14.4. The van der Waals surface area contributed by atoms with Gasteiger partial charge in [0, 0.05) is 28.2 Å². The van der Waals surface area contributed by atoms with E-state index in [-0.39, 0.29) is 22.6 Å². The van der Waals surface area contributed by atoms with Crippen molar-refractivity contribution in [1.82, 2.24) is 0 Å². The van der Waals surface area contributed by atoms with E-state index in [1.807, 2.05) is 6.07 Å². The van der Waals surface area contributed by atoms with Crippen molar-refractivity contribution in [2.75, 3.05) is 5.32 Å². The Morgan fingerprint density at radius 3 is 2.56 bits per heavy atom. The van der Waals surface area contributed by atoms with Crippen molar-refractivity contribution in [2.45, 2.75) is 18.4 Å². The first kappa shape index (κ1) is 16.5. The molecule has 0 bridgehead atoms. The number of nitro benzene ring substituents is 1. The fraction of sp³-hybridized carbons (Fsp3) is 0.182. The molecule has 0 saturated carbocycles. The minimum atomic E-state index is -0.309. The van der Waals surface area contributed by atoms with Crippen LogP contribution in [-0.2, 0) is 6.42 Å². The average Bonchev–Trinajstić information content (AvgIpc) is 3.07. The maximum Gasteiger partial charge on any atom is 0.269 e. The van der Waals surface area contributed by atoms with Gasteiger partial charge in [-0.1, -0.05) is 52.3 Å². The molecule has 3 atom stereocenters. The lowest BCUT2D eigenvalue weighted by molar-refractivity contribution is -0.384. The molecule has 0 amide bonds. The highest BCUT2D eigenvalue weighted by Crippen LogP contribution is 2.54. The number of non-ortho nitro benzene ring substituents is 1. The lowest BCUT2D eigenvalue weighted by atomic mass is 9.75. The summed E-state index contributed by atoms with van der Waals surface area (Å²) in [6, 6.07) is 22.3. The topological polar surface area (TPSA) is 55.2 Å². The summed E-state index contributed by atoms with van der Waals surface area (Å²) < 4.78 is 1.06. The minimum Gasteiger partial charge on any atom is -0.378 e. The highest BCUT2D eigenvalue weighted by atomic mass is 79.9. The molecule has 1 heterocycles. The molecule has 4 nitrogen and oxygen atoms in total. The number of hydrogen-bond donors (Lipinski definition) is 1. The number of fused-ring (bicyclic) bond motifs is 5. The Balaban J connectivity index is 1.68. The van der Waals surface area contributed by atoms with Crippen molar-refractivity contribution >= 4 is 27.3 Å². The molecule has 0 aromatic heterocycles. The summed E-state index contributed by atoms with van der Waals surface area (Å²) in [5, 5.41) is 15.0. The molecule has 27 heavy (non-hydrogen) atoms. The number of halogens is 1. The summed E-state index contributed by atoms with van der Waals surface area (Å²) in [7, 11) is 0. The SMILES string of the molecule is O=[N+]([O-])c1ccc2c(c1)[C@@H]1c3ccccc3C[C@H]1[C@H](c1ccc(Br)cc1)N2. The number of nitrogens with zero attached hydrogens (tertiary/aromatic N) is 1. The fourth-order valence-electron chi connectivity index (χ4n) is 4.66. The largest absolute Gasteiger partial charge is 0.378 e. The van der Waals surface area contributed by atoms with Crippen LogP contribution in [0.3, 0.4) is 0 Å². The molecule has 3 aromatic rings. The smallest absolute Gasteiger partial charge is 0.269 e. The van der Waals surface area contributed by atoms with E-state index < -0.39 is 0 Å². The Labute approximate surface area is 165 Å². The first-order chi connectivity index (χ1) is 13.1. The molecule has 1 aliphatic carbocycles. The van der Waals surface area contributed by atoms with E-state index in [9.17, 15) is 10.1 Å². The van der Waals surface area contributed by atoms with Crippen LogP contribution in [0.4, 0.5) is 11.4 Å². The monoisotopic (exact) mass is 420 g/mol. The van der Waals surface area contributed by atoms with E-state index in [0.29, 0.717) is 5.92 Å². The first-order valence-corrected chi connectivity index (χ1v) is 9.79. The first-order valence-electron chi connectivity index (χ1n) is 9.00. The second-order valence-electron chi connectivity index (χ2n) is 7.25. The quantitative estimate of drug-likeness (QED) is 0.419. The molecule has 0 saturated heterocycles. The summed E-state index contributed by atoms with van der Waals surface area (Å²) in [6.07, 6.45) is 0.969. The third kappa shape index (κ3) is 2.65. The normalized spacial score (nSPS) is 22.3. The minimum absolute atomic E-state index is 0.153. The summed E-state index contributed by atoms with van der Waals surface area (Å²) in [5.41, 5.74) is 6.06. The highest BCUT2D eigenvalue weighted by molar-refractivity contribution is 9.10. The fourth-order valence-corrected chi connectivity index (χ4v) is 4.93. The molecule has 2 aliphatic rings. The molecule has 0 fully saturated rings. The number of hydrogen-bond acceptors (Lipinski definition) is 3. The molecule has 1 N–H and O–H groups in total. The Kier molecular flexibility index (Phi) is 3.79. The van der Waals surface area contributed by atoms with E-state index in [1.54, 1.807) is 12.1 Å². The van der Waals surface area contributed by atoms with Gasteiger partial charge in [-0.2, -0.15) is 0 Å². The van der Waals surface area contributed by atoms with Crippen molar-refractivity contribution in [3.05, 3.63) is 104 Å². The lowest BCUT2D eigenvalue weighted by Gasteiger charge is -2.37. The van der Waals surface area contributed by atoms with E-state index in [2.05, 4.69) is 69.8 Å². The van der Waals surface area contributed by atoms with Gasteiger partial charge in [-0.25, -0.2) is 0 Å². The van der Waals surface area contributed by atoms with Gasteiger partial charge in [0.25, 0.3) is 5.69 Å². The third-order valence-corrected chi connectivity index (χ3v) is 6.35. The summed E-state index contributed by atoms with van der Waals surface area (Å²) in [4.78, 5) is 11.0. The third-order valence-electron chi connectivity index (χ3n) is 5.82. The van der Waals surface area contributed by atoms with Gasteiger partial charge in [0.05, 0.1) is 11.0 Å². The van der Waals surface area contributed by atoms with E-state index in [4.69, 9.17) is 0 Å². The van der Waals surface area contributed by atoms with Gasteiger partial charge in [0.15, 0.2) is 0 Å². The Morgan fingerprint density at radius 2 is 1.78 bits per heavy atom. The standard InChI is InChI=1S/C22H17BrN2O2/c23-15-7-5-13(6-8-15)22-19-11-14-3-1-2-4-17(14)21(19)18-12-16(25(26)27)9-10-20(18)24-22/h1-10,12,19,21-22,24H,11H2/t19-,21+,22+/m1/s1. The van der Waals surface area contributed by atoms with Gasteiger partial charge in [-0.15, -0.1) is 0 Å². The average molecular weight is 421 g/mol. The van der Waals surface area contributed by atoms with Gasteiger partial charge in [-0.3, -0.25) is 10.1 Å². The van der Waals surface area contributed by atoms with Crippen LogP contribution < -0.4 is 5.32 Å². The van der Waals surface area contributed by atoms with Crippen LogP contribution in [0.1, 0.15) is 34.2 Å². The van der Waals surface area contributed by atoms with Crippen molar-refractivity contribution in [3.8, 4) is 0 Å². The van der Waals surface area contributed by atoms with Gasteiger partial charge in [-0.05, 0) is 52.8 Å². The molecule has 0 spiro atoms. The molecule has 1 aliphatic heterocycles. The van der Waals surface area contributed by atoms with Crippen LogP contribution in [-0.4, -0.2) is 4.92 Å². The van der Waals surface area contributed by atoms with Gasteiger partial charge >= 0.3 is 0 Å². The van der Waals surface area contributed by atoms with Crippen LogP contribution in [0, 0.1) is 16.0 Å². The number of rotatable bonds is 2. The molecular formula is C22H17BrN2O2. The number of nitrogens with one attached hydrogen (secondary N) is 1. The summed E-state index contributed by atoms with van der Waals surface area (Å²) in [6.45, 7) is 0. The van der Waals surface area contributed by atoms with Crippen molar-refractivity contribution in [3.63, 3.8) is 0 Å². The molecule has 3 aromatic carbocycles. The lowest BCUT2D eigenvalue weighted by Crippen LogP contribution is -2.30. The number of anilines is 1. The van der Waals surface area contributed by atoms with Gasteiger partial charge in [0.2, 0.25) is 0 Å². The zero-order valence-corrected chi connectivity index (χ0v) is 16.0. The van der Waals surface area contributed by atoms with Gasteiger partial charge in [0.1, 0.15) is 0 Å². The van der Waals surface area contributed by atoms with Crippen molar-refractivity contribution in [2.24, 2.45) is 5.92 Å². The van der Waals surface area contributed by atoms with Crippen molar-refractivity contribution in [1.29, 1.82) is 0 Å². The summed E-state index contributed by atoms with van der Waals surface area (Å²) >= 11 is 3.51. The molecule has 0 radical (unpaired) electrons. The molecular weight excluding hydrogens is 404 g/mol. The van der Waals surface area contributed by atoms with Crippen molar-refractivity contribution < 1.29 is 4.92 Å². The van der Waals surface area contributed by atoms with E-state index in [0.717, 1.165) is 22.1 Å². The predicted octanol–water partition coefficient (Wildman–Crippen LogP) is 5.83. The van der Waals surface area contributed by atoms with Gasteiger partial charge < -0.3 is 5.32 Å². The zero-order chi connectivity index (χ0) is 18.5. The maximum absolute atomic E-state index is 11.3. The van der Waals surface area contributed by atoms with Crippen LogP contribution in [0.5, 0.6) is 0 Å². The summed E-state index contributed by atoms with van der Waals surface area (Å²) in [5.74, 6) is 0.504. The predicted molar refractivity (Wildman–Crippen MR) is 109 cm³/mol. The Hall–Kier alpha value is -2.66. The number of benzene rings is 3. The van der Waals surface area contributed by atoms with E-state index >= 15 is 0 Å². The van der Waals surface area contributed by atoms with Crippen LogP contribution in [0.15, 0.2) is 71.2 Å².